The number of benzene rings is 1. The average Bonchev–Trinajstić information content (AvgIpc) is 3.11. The normalized spacial score (nSPS) is 11.4. The summed E-state index contributed by atoms with van der Waals surface area (Å²) in [7, 11) is 2.98. The number of aromatic nitrogens is 2. The van der Waals surface area contributed by atoms with Crippen molar-refractivity contribution in [2.75, 3.05) is 19.1 Å². The molecule has 3 rings (SSSR count). The molecule has 2 heterocycles. The summed E-state index contributed by atoms with van der Waals surface area (Å²) in [6, 6.07) is 6.45. The minimum absolute atomic E-state index is 0.0802. The molecule has 1 N–H and O–H groups in total. The van der Waals surface area contributed by atoms with E-state index in [1.54, 1.807) is 45.0 Å². The van der Waals surface area contributed by atoms with Crippen LogP contribution in [0.15, 0.2) is 34.4 Å². The van der Waals surface area contributed by atoms with Crippen LogP contribution in [-0.4, -0.2) is 46.7 Å². The molecule has 30 heavy (non-hydrogen) atoms. The van der Waals surface area contributed by atoms with Gasteiger partial charge in [-0.05, 0) is 45.0 Å². The van der Waals surface area contributed by atoms with Crippen molar-refractivity contribution < 1.29 is 24.2 Å². The Hall–Kier alpha value is -3.40. The Kier molecular flexibility index (Phi) is 5.53. The molecule has 1 amide bonds. The van der Waals surface area contributed by atoms with Gasteiger partial charge in [-0.3, -0.25) is 9.69 Å². The summed E-state index contributed by atoms with van der Waals surface area (Å²) in [5.74, 6) is -0.709. The van der Waals surface area contributed by atoms with Crippen LogP contribution in [0.5, 0.6) is 5.75 Å². The Morgan fingerprint density at radius 3 is 2.37 bits per heavy atom. The van der Waals surface area contributed by atoms with Crippen molar-refractivity contribution in [2.24, 2.45) is 0 Å². The lowest BCUT2D eigenvalue weighted by Crippen LogP contribution is -2.34. The lowest BCUT2D eigenvalue weighted by Gasteiger charge is -2.24. The van der Waals surface area contributed by atoms with E-state index in [1.165, 1.54) is 24.4 Å². The summed E-state index contributed by atoms with van der Waals surface area (Å²) in [5.41, 5.74) is -1.20. The van der Waals surface area contributed by atoms with Crippen LogP contribution in [-0.2, 0) is 4.74 Å². The molecule has 0 bridgehead atoms. The second kappa shape index (κ2) is 7.79. The summed E-state index contributed by atoms with van der Waals surface area (Å²) >= 11 is 1.07. The number of methoxy groups -OCH3 is 1. The SMILES string of the molecule is COc1ccc(-n2nc(C(=O)O)c3csc(N(C)C(=O)OC(C)(C)C)c3c2=O)cc1. The molecule has 0 atom stereocenters. The zero-order chi connectivity index (χ0) is 22.2. The molecule has 0 saturated heterocycles. The molecular formula is C20H21N3O6S. The van der Waals surface area contributed by atoms with Crippen LogP contribution in [0.1, 0.15) is 31.3 Å². The minimum Gasteiger partial charge on any atom is -0.497 e. The molecule has 1 aromatic carbocycles. The van der Waals surface area contributed by atoms with Crippen molar-refractivity contribution in [3.8, 4) is 11.4 Å². The monoisotopic (exact) mass is 431 g/mol. The predicted molar refractivity (Wildman–Crippen MR) is 113 cm³/mol. The van der Waals surface area contributed by atoms with Gasteiger partial charge in [-0.1, -0.05) is 0 Å². The Balaban J connectivity index is 2.22. The third kappa shape index (κ3) is 3.99. The fourth-order valence-corrected chi connectivity index (χ4v) is 3.76. The summed E-state index contributed by atoms with van der Waals surface area (Å²) in [5, 5.41) is 15.7. The maximum atomic E-state index is 13.3. The summed E-state index contributed by atoms with van der Waals surface area (Å²) in [6.45, 7) is 5.19. The number of amides is 1. The molecule has 10 heteroatoms. The first-order valence-electron chi connectivity index (χ1n) is 8.92. The van der Waals surface area contributed by atoms with Gasteiger partial charge in [-0.15, -0.1) is 11.3 Å². The fraction of sp³-hybridized carbons (Fsp3) is 0.300. The van der Waals surface area contributed by atoms with Gasteiger partial charge in [-0.25, -0.2) is 9.59 Å². The van der Waals surface area contributed by atoms with Gasteiger partial charge >= 0.3 is 12.1 Å². The number of carboxylic acid groups (broad SMARTS) is 1. The number of thiophene rings is 1. The Bertz CT molecular complexity index is 1170. The lowest BCUT2D eigenvalue weighted by molar-refractivity contribution is 0.0589. The van der Waals surface area contributed by atoms with Crippen molar-refractivity contribution in [1.82, 2.24) is 9.78 Å². The van der Waals surface area contributed by atoms with Crippen LogP contribution in [0.3, 0.4) is 0 Å². The highest BCUT2D eigenvalue weighted by atomic mass is 32.1. The van der Waals surface area contributed by atoms with Gasteiger partial charge in [0.1, 0.15) is 16.4 Å². The maximum absolute atomic E-state index is 13.3. The number of anilines is 1. The van der Waals surface area contributed by atoms with E-state index in [1.807, 2.05) is 0 Å². The molecule has 0 radical (unpaired) electrons. The first-order chi connectivity index (χ1) is 14.0. The summed E-state index contributed by atoms with van der Waals surface area (Å²) < 4.78 is 11.5. The molecule has 0 aliphatic carbocycles. The number of hydrogen-bond donors (Lipinski definition) is 1. The maximum Gasteiger partial charge on any atom is 0.415 e. The number of aromatic carboxylic acids is 1. The van der Waals surface area contributed by atoms with E-state index in [2.05, 4.69) is 5.10 Å². The average molecular weight is 431 g/mol. The number of nitrogens with zero attached hydrogens (tertiary/aromatic N) is 3. The summed E-state index contributed by atoms with van der Waals surface area (Å²) in [4.78, 5) is 38.8. The van der Waals surface area contributed by atoms with E-state index >= 15 is 0 Å². The van der Waals surface area contributed by atoms with Crippen LogP contribution in [0.2, 0.25) is 0 Å². The predicted octanol–water partition coefficient (Wildman–Crippen LogP) is 3.53. The Morgan fingerprint density at radius 1 is 1.20 bits per heavy atom. The van der Waals surface area contributed by atoms with Crippen LogP contribution < -0.4 is 15.2 Å². The number of rotatable bonds is 4. The second-order valence-corrected chi connectivity index (χ2v) is 8.30. The van der Waals surface area contributed by atoms with Crippen molar-refractivity contribution in [3.63, 3.8) is 0 Å². The van der Waals surface area contributed by atoms with Crippen LogP contribution in [0, 0.1) is 0 Å². The smallest absolute Gasteiger partial charge is 0.415 e. The van der Waals surface area contributed by atoms with E-state index in [4.69, 9.17) is 9.47 Å². The van der Waals surface area contributed by atoms with E-state index in [0.29, 0.717) is 11.4 Å². The highest BCUT2D eigenvalue weighted by Gasteiger charge is 2.27. The highest BCUT2D eigenvalue weighted by molar-refractivity contribution is 7.16. The fourth-order valence-electron chi connectivity index (χ4n) is 2.75. The van der Waals surface area contributed by atoms with Gasteiger partial charge in [0.25, 0.3) is 5.56 Å². The van der Waals surface area contributed by atoms with Gasteiger partial charge in [0.05, 0.1) is 18.2 Å². The van der Waals surface area contributed by atoms with Crippen molar-refractivity contribution in [3.05, 3.63) is 45.7 Å². The molecule has 0 spiro atoms. The topological polar surface area (TPSA) is 111 Å². The molecule has 0 aliphatic heterocycles. The standard InChI is InChI=1S/C20H21N3O6S/c1-20(2,3)29-19(27)22(4)17-14-13(10-30-17)15(18(25)26)21-23(16(14)24)11-6-8-12(28-5)9-7-11/h6-10H,1-5H3,(H,25,26). The number of carbonyl (C=O) groups is 2. The number of carboxylic acids is 1. The van der Waals surface area contributed by atoms with Gasteiger partial charge < -0.3 is 14.6 Å². The van der Waals surface area contributed by atoms with Crippen molar-refractivity contribution in [1.29, 1.82) is 0 Å². The van der Waals surface area contributed by atoms with Gasteiger partial charge in [0.2, 0.25) is 0 Å². The molecule has 158 valence electrons. The molecular weight excluding hydrogens is 410 g/mol. The van der Waals surface area contributed by atoms with Crippen molar-refractivity contribution >= 4 is 39.2 Å². The molecule has 2 aromatic heterocycles. The van der Waals surface area contributed by atoms with E-state index < -0.39 is 23.2 Å². The first kappa shape index (κ1) is 21.3. The van der Waals surface area contributed by atoms with E-state index in [9.17, 15) is 19.5 Å². The van der Waals surface area contributed by atoms with Crippen LogP contribution in [0.4, 0.5) is 9.80 Å². The minimum atomic E-state index is -1.29. The third-order valence-corrected chi connectivity index (χ3v) is 5.18. The summed E-state index contributed by atoms with van der Waals surface area (Å²) in [6.07, 6.45) is -0.657. The van der Waals surface area contributed by atoms with E-state index in [-0.39, 0.29) is 21.5 Å². The molecule has 0 aliphatic rings. The zero-order valence-corrected chi connectivity index (χ0v) is 17.9. The number of hydrogen-bond acceptors (Lipinski definition) is 7. The first-order valence-corrected chi connectivity index (χ1v) is 9.80. The number of carbonyl (C=O) groups excluding carboxylic acids is 1. The zero-order valence-electron chi connectivity index (χ0n) is 17.1. The quantitative estimate of drug-likeness (QED) is 0.673. The molecule has 9 nitrogen and oxygen atoms in total. The van der Waals surface area contributed by atoms with Gasteiger partial charge in [0, 0.05) is 17.8 Å². The lowest BCUT2D eigenvalue weighted by atomic mass is 10.2. The van der Waals surface area contributed by atoms with Gasteiger partial charge in [-0.2, -0.15) is 9.78 Å². The molecule has 3 aromatic rings. The molecule has 0 fully saturated rings. The third-order valence-electron chi connectivity index (χ3n) is 4.12. The number of ether oxygens (including phenoxy) is 2. The Morgan fingerprint density at radius 2 is 1.83 bits per heavy atom. The van der Waals surface area contributed by atoms with Crippen LogP contribution >= 0.6 is 11.3 Å². The van der Waals surface area contributed by atoms with Crippen LogP contribution in [0.25, 0.3) is 16.5 Å². The van der Waals surface area contributed by atoms with Crippen molar-refractivity contribution in [2.45, 2.75) is 26.4 Å². The highest BCUT2D eigenvalue weighted by Crippen LogP contribution is 2.33. The number of fused-ring (bicyclic) bond motifs is 1. The second-order valence-electron chi connectivity index (χ2n) is 7.44. The largest absolute Gasteiger partial charge is 0.497 e. The Labute approximate surface area is 176 Å². The van der Waals surface area contributed by atoms with E-state index in [0.717, 1.165) is 16.0 Å². The molecule has 0 saturated carbocycles. The molecule has 0 unspecified atom stereocenters. The van der Waals surface area contributed by atoms with Gasteiger partial charge in [0.15, 0.2) is 5.69 Å².